The van der Waals surface area contributed by atoms with Crippen molar-refractivity contribution < 1.29 is 4.79 Å². The molecule has 0 spiro atoms. The van der Waals surface area contributed by atoms with Crippen LogP contribution in [-0.2, 0) is 17.8 Å². The number of fused-ring (bicyclic) bond motifs is 1. The van der Waals surface area contributed by atoms with Crippen molar-refractivity contribution in [1.29, 1.82) is 0 Å². The standard InChI is InChI=1S/C22H21N5O2/c1-15-13-20(27(26-15)14-16-7-3-2-4-8-16)25-21(28)12-11-19-23-18-10-6-5-9-17(18)22(29)24-19/h2-10,13H,11-12,14H2,1H3,(H,25,28)(H,23,24,29). The molecule has 2 heterocycles. The van der Waals surface area contributed by atoms with E-state index in [-0.39, 0.29) is 17.9 Å². The fraction of sp³-hybridized carbons (Fsp3) is 0.182. The Hall–Kier alpha value is -3.74. The number of nitrogens with one attached hydrogen (secondary N) is 2. The molecule has 0 atom stereocenters. The number of hydrogen-bond acceptors (Lipinski definition) is 4. The van der Waals surface area contributed by atoms with E-state index in [2.05, 4.69) is 20.4 Å². The van der Waals surface area contributed by atoms with Gasteiger partial charge in [-0.15, -0.1) is 0 Å². The number of aromatic amines is 1. The van der Waals surface area contributed by atoms with Crippen LogP contribution in [0, 0.1) is 6.92 Å². The molecule has 4 aromatic rings. The van der Waals surface area contributed by atoms with Crippen LogP contribution in [-0.4, -0.2) is 25.7 Å². The minimum Gasteiger partial charge on any atom is -0.311 e. The van der Waals surface area contributed by atoms with Crippen molar-refractivity contribution in [1.82, 2.24) is 19.7 Å². The fourth-order valence-corrected chi connectivity index (χ4v) is 3.21. The summed E-state index contributed by atoms with van der Waals surface area (Å²) in [5.41, 5.74) is 2.37. The Morgan fingerprint density at radius 3 is 2.69 bits per heavy atom. The summed E-state index contributed by atoms with van der Waals surface area (Å²) in [5, 5.41) is 7.92. The van der Waals surface area contributed by atoms with Gasteiger partial charge in [-0.1, -0.05) is 42.5 Å². The monoisotopic (exact) mass is 387 g/mol. The van der Waals surface area contributed by atoms with Crippen molar-refractivity contribution >= 4 is 22.6 Å². The zero-order valence-corrected chi connectivity index (χ0v) is 16.1. The number of H-pyrrole nitrogens is 1. The average Bonchev–Trinajstić information content (AvgIpc) is 3.06. The van der Waals surface area contributed by atoms with Crippen molar-refractivity contribution in [3.8, 4) is 0 Å². The van der Waals surface area contributed by atoms with Gasteiger partial charge in [0.1, 0.15) is 11.6 Å². The summed E-state index contributed by atoms with van der Waals surface area (Å²) in [6, 6.07) is 18.9. The van der Waals surface area contributed by atoms with Gasteiger partial charge >= 0.3 is 0 Å². The van der Waals surface area contributed by atoms with Crippen LogP contribution in [0.2, 0.25) is 0 Å². The summed E-state index contributed by atoms with van der Waals surface area (Å²) in [4.78, 5) is 31.8. The molecule has 0 saturated heterocycles. The van der Waals surface area contributed by atoms with Crippen LogP contribution in [0.5, 0.6) is 0 Å². The fourth-order valence-electron chi connectivity index (χ4n) is 3.21. The van der Waals surface area contributed by atoms with Gasteiger partial charge in [0, 0.05) is 18.9 Å². The number of nitrogens with zero attached hydrogens (tertiary/aromatic N) is 3. The number of rotatable bonds is 6. The van der Waals surface area contributed by atoms with Gasteiger partial charge in [-0.3, -0.25) is 9.59 Å². The maximum Gasteiger partial charge on any atom is 0.258 e. The van der Waals surface area contributed by atoms with Crippen LogP contribution in [0.3, 0.4) is 0 Å². The largest absolute Gasteiger partial charge is 0.311 e. The van der Waals surface area contributed by atoms with Gasteiger partial charge in [-0.05, 0) is 24.6 Å². The Kier molecular flexibility index (Phi) is 5.20. The normalized spacial score (nSPS) is 10.9. The quantitative estimate of drug-likeness (QED) is 0.532. The first-order valence-corrected chi connectivity index (χ1v) is 9.44. The second kappa shape index (κ2) is 8.10. The average molecular weight is 387 g/mol. The van der Waals surface area contributed by atoms with Gasteiger partial charge in [-0.25, -0.2) is 9.67 Å². The molecular formula is C22H21N5O2. The van der Waals surface area contributed by atoms with Gasteiger partial charge in [0.05, 0.1) is 23.1 Å². The molecule has 2 N–H and O–H groups in total. The van der Waals surface area contributed by atoms with Crippen molar-refractivity contribution in [3.63, 3.8) is 0 Å². The van der Waals surface area contributed by atoms with E-state index in [4.69, 9.17) is 0 Å². The van der Waals surface area contributed by atoms with Crippen LogP contribution >= 0.6 is 0 Å². The molecule has 0 radical (unpaired) electrons. The molecule has 0 aliphatic carbocycles. The second-order valence-corrected chi connectivity index (χ2v) is 6.89. The molecule has 0 fully saturated rings. The lowest BCUT2D eigenvalue weighted by atomic mass is 10.2. The van der Waals surface area contributed by atoms with E-state index >= 15 is 0 Å². The molecule has 4 rings (SSSR count). The summed E-state index contributed by atoms with van der Waals surface area (Å²) in [7, 11) is 0. The van der Waals surface area contributed by atoms with Gasteiger partial charge in [0.15, 0.2) is 0 Å². The minimum atomic E-state index is -0.192. The highest BCUT2D eigenvalue weighted by atomic mass is 16.1. The first-order valence-electron chi connectivity index (χ1n) is 9.44. The molecule has 0 saturated carbocycles. The van der Waals surface area contributed by atoms with Crippen molar-refractivity contribution in [2.24, 2.45) is 0 Å². The molecule has 2 aromatic carbocycles. The van der Waals surface area contributed by atoms with E-state index in [9.17, 15) is 9.59 Å². The number of aryl methyl sites for hydroxylation is 2. The Balaban J connectivity index is 1.43. The lowest BCUT2D eigenvalue weighted by Crippen LogP contribution is -2.18. The van der Waals surface area contributed by atoms with Crippen LogP contribution in [0.4, 0.5) is 5.82 Å². The second-order valence-electron chi connectivity index (χ2n) is 6.89. The van der Waals surface area contributed by atoms with Crippen molar-refractivity contribution in [2.75, 3.05) is 5.32 Å². The summed E-state index contributed by atoms with van der Waals surface area (Å²) in [6.45, 7) is 2.46. The molecule has 0 unspecified atom stereocenters. The molecule has 7 heteroatoms. The van der Waals surface area contributed by atoms with E-state index in [1.54, 1.807) is 22.9 Å². The first-order chi connectivity index (χ1) is 14.1. The Bertz CT molecular complexity index is 1210. The third kappa shape index (κ3) is 4.40. The number of amides is 1. The molecule has 29 heavy (non-hydrogen) atoms. The zero-order chi connectivity index (χ0) is 20.2. The molecule has 7 nitrogen and oxygen atoms in total. The van der Waals surface area contributed by atoms with E-state index in [1.807, 2.05) is 49.4 Å². The van der Waals surface area contributed by atoms with Crippen LogP contribution < -0.4 is 10.9 Å². The highest BCUT2D eigenvalue weighted by Crippen LogP contribution is 2.14. The van der Waals surface area contributed by atoms with E-state index in [0.29, 0.717) is 35.5 Å². The van der Waals surface area contributed by atoms with Crippen LogP contribution in [0.15, 0.2) is 65.5 Å². The number of aromatic nitrogens is 4. The van der Waals surface area contributed by atoms with Crippen LogP contribution in [0.25, 0.3) is 10.9 Å². The lowest BCUT2D eigenvalue weighted by Gasteiger charge is -2.09. The SMILES string of the molecule is Cc1cc(NC(=O)CCc2nc3ccccc3c(=O)[nH]2)n(Cc2ccccc2)n1. The highest BCUT2D eigenvalue weighted by Gasteiger charge is 2.11. The van der Waals surface area contributed by atoms with E-state index in [0.717, 1.165) is 11.3 Å². The molecule has 0 aliphatic rings. The topological polar surface area (TPSA) is 92.7 Å². The molecular weight excluding hydrogens is 366 g/mol. The Morgan fingerprint density at radius 2 is 1.86 bits per heavy atom. The number of carbonyl (C=O) groups is 1. The molecule has 0 bridgehead atoms. The predicted octanol–water partition coefficient (Wildman–Crippen LogP) is 3.05. The minimum absolute atomic E-state index is 0.157. The van der Waals surface area contributed by atoms with E-state index in [1.165, 1.54) is 0 Å². The number of benzene rings is 2. The number of hydrogen-bond donors (Lipinski definition) is 2. The Labute approximate surface area is 167 Å². The number of carbonyl (C=O) groups excluding carboxylic acids is 1. The summed E-state index contributed by atoms with van der Waals surface area (Å²) >= 11 is 0. The van der Waals surface area contributed by atoms with Crippen molar-refractivity contribution in [2.45, 2.75) is 26.3 Å². The number of anilines is 1. The zero-order valence-electron chi connectivity index (χ0n) is 16.1. The highest BCUT2D eigenvalue weighted by molar-refractivity contribution is 5.90. The molecule has 2 aromatic heterocycles. The summed E-state index contributed by atoms with van der Waals surface area (Å²) in [6.07, 6.45) is 0.550. The molecule has 1 amide bonds. The van der Waals surface area contributed by atoms with Gasteiger partial charge in [0.2, 0.25) is 5.91 Å². The predicted molar refractivity (Wildman–Crippen MR) is 112 cm³/mol. The maximum absolute atomic E-state index is 12.5. The number of para-hydroxylation sites is 1. The van der Waals surface area contributed by atoms with Crippen LogP contribution in [0.1, 0.15) is 23.5 Å². The van der Waals surface area contributed by atoms with E-state index < -0.39 is 0 Å². The maximum atomic E-state index is 12.5. The van der Waals surface area contributed by atoms with Crippen molar-refractivity contribution in [3.05, 3.63) is 88.1 Å². The summed E-state index contributed by atoms with van der Waals surface area (Å²) in [5.74, 6) is 0.990. The van der Waals surface area contributed by atoms with Gasteiger partial charge < -0.3 is 10.3 Å². The molecule has 146 valence electrons. The third-order valence-electron chi connectivity index (χ3n) is 4.60. The smallest absolute Gasteiger partial charge is 0.258 e. The third-order valence-corrected chi connectivity index (χ3v) is 4.60. The molecule has 0 aliphatic heterocycles. The van der Waals surface area contributed by atoms with Gasteiger partial charge in [0.25, 0.3) is 5.56 Å². The lowest BCUT2D eigenvalue weighted by molar-refractivity contribution is -0.116. The van der Waals surface area contributed by atoms with Gasteiger partial charge in [-0.2, -0.15) is 5.10 Å². The Morgan fingerprint density at radius 1 is 1.10 bits per heavy atom. The first kappa shape index (κ1) is 18.6. The summed E-state index contributed by atoms with van der Waals surface area (Å²) < 4.78 is 1.78.